The highest BCUT2D eigenvalue weighted by molar-refractivity contribution is 6.16. The van der Waals surface area contributed by atoms with Gasteiger partial charge in [-0.2, -0.15) is 9.97 Å². The quantitative estimate of drug-likeness (QED) is 0.177. The van der Waals surface area contributed by atoms with Crippen LogP contribution < -0.4 is 4.74 Å². The molecule has 0 radical (unpaired) electrons. The van der Waals surface area contributed by atoms with Crippen LogP contribution in [0.1, 0.15) is 17.3 Å². The van der Waals surface area contributed by atoms with E-state index in [-0.39, 0.29) is 12.0 Å². The van der Waals surface area contributed by atoms with E-state index < -0.39 is 0 Å². The second-order valence-corrected chi connectivity index (χ2v) is 16.3. The molecule has 12 aromatic rings. The third kappa shape index (κ3) is 4.73. The molecule has 62 heavy (non-hydrogen) atoms. The van der Waals surface area contributed by atoms with Crippen molar-refractivity contribution < 1.29 is 9.15 Å². The highest BCUT2D eigenvalue weighted by Gasteiger charge is 2.38. The molecule has 0 bridgehead atoms. The van der Waals surface area contributed by atoms with Crippen LogP contribution in [0.15, 0.2) is 193 Å². The molecule has 0 amide bonds. The van der Waals surface area contributed by atoms with Crippen molar-refractivity contribution in [2.45, 2.75) is 12.0 Å². The topological polar surface area (TPSA) is 70.9 Å². The van der Waals surface area contributed by atoms with Crippen molar-refractivity contribution in [3.8, 4) is 28.8 Å². The van der Waals surface area contributed by atoms with E-state index in [1.54, 1.807) is 0 Å². The first-order valence-electron chi connectivity index (χ1n) is 21.0. The Bertz CT molecular complexity index is 3890. The van der Waals surface area contributed by atoms with E-state index in [1.807, 2.05) is 24.3 Å². The normalized spacial score (nSPS) is 15.9. The average molecular weight is 796 g/mol. The third-order valence-electron chi connectivity index (χ3n) is 12.9. The summed E-state index contributed by atoms with van der Waals surface area (Å²) >= 11 is 0. The van der Waals surface area contributed by atoms with E-state index in [9.17, 15) is 0 Å². The van der Waals surface area contributed by atoms with Gasteiger partial charge >= 0.3 is 0 Å². The number of para-hydroxylation sites is 5. The van der Waals surface area contributed by atoms with Crippen LogP contribution in [0.3, 0.4) is 0 Å². The Morgan fingerprint density at radius 1 is 0.484 bits per heavy atom. The van der Waals surface area contributed by atoms with Crippen molar-refractivity contribution in [1.29, 1.82) is 0 Å². The lowest BCUT2D eigenvalue weighted by Gasteiger charge is -2.22. The molecule has 2 unspecified atom stereocenters. The Kier molecular flexibility index (Phi) is 6.82. The van der Waals surface area contributed by atoms with E-state index in [1.165, 1.54) is 21.5 Å². The summed E-state index contributed by atoms with van der Waals surface area (Å²) in [7, 11) is 0. The number of ether oxygens (including phenoxy) is 1. The summed E-state index contributed by atoms with van der Waals surface area (Å²) in [6.07, 6.45) is 6.17. The average Bonchev–Trinajstić information content (AvgIpc) is 4.08. The van der Waals surface area contributed by atoms with Crippen molar-refractivity contribution in [2.24, 2.45) is 0 Å². The molecular formula is C55H33N5O2. The number of fused-ring (bicyclic) bond motifs is 13. The molecule has 290 valence electrons. The molecule has 0 spiro atoms. The maximum atomic E-state index is 6.85. The Morgan fingerprint density at radius 2 is 1.11 bits per heavy atom. The zero-order valence-corrected chi connectivity index (χ0v) is 33.1. The molecule has 14 rings (SSSR count). The van der Waals surface area contributed by atoms with Gasteiger partial charge in [-0.15, -0.1) is 0 Å². The molecule has 5 heterocycles. The van der Waals surface area contributed by atoms with Crippen LogP contribution in [0, 0.1) is 0 Å². The molecule has 7 nitrogen and oxygen atoms in total. The number of hydrogen-bond donors (Lipinski definition) is 0. The van der Waals surface area contributed by atoms with Gasteiger partial charge in [0, 0.05) is 49.0 Å². The number of aromatic nitrogens is 5. The van der Waals surface area contributed by atoms with Crippen molar-refractivity contribution in [2.75, 3.05) is 0 Å². The third-order valence-corrected chi connectivity index (χ3v) is 12.9. The summed E-state index contributed by atoms with van der Waals surface area (Å²) in [6.45, 7) is 0. The van der Waals surface area contributed by atoms with Crippen LogP contribution >= 0.6 is 0 Å². The van der Waals surface area contributed by atoms with E-state index in [4.69, 9.17) is 24.1 Å². The first kappa shape index (κ1) is 33.5. The Hall–Kier alpha value is -8.29. The SMILES string of the molecule is C1=CC2Oc3ccccc3C2C(c2nc(-c3cc(-n4c5ccccc5c5cc6ccccc6cc54)c4oc5ccccc5c4c3)nc(-n3c4ccccc4c4ccccc43)n2)=C1. The summed E-state index contributed by atoms with van der Waals surface area (Å²) in [5.74, 6) is 2.52. The van der Waals surface area contributed by atoms with Crippen molar-refractivity contribution in [3.05, 3.63) is 199 Å². The van der Waals surface area contributed by atoms with Crippen LogP contribution in [0.25, 0.3) is 105 Å². The largest absolute Gasteiger partial charge is 0.485 e. The maximum Gasteiger partial charge on any atom is 0.238 e. The summed E-state index contributed by atoms with van der Waals surface area (Å²) in [4.78, 5) is 16.3. The van der Waals surface area contributed by atoms with E-state index in [2.05, 4.69) is 173 Å². The van der Waals surface area contributed by atoms with E-state index >= 15 is 0 Å². The molecule has 0 fully saturated rings. The number of furan rings is 1. The Balaban J connectivity index is 1.09. The lowest BCUT2D eigenvalue weighted by molar-refractivity contribution is 0.271. The van der Waals surface area contributed by atoms with E-state index in [0.29, 0.717) is 17.6 Å². The lowest BCUT2D eigenvalue weighted by Crippen LogP contribution is -2.21. The molecule has 0 N–H and O–H groups in total. The van der Waals surface area contributed by atoms with Gasteiger partial charge in [-0.3, -0.25) is 4.57 Å². The fraction of sp³-hybridized carbons (Fsp3) is 0.0364. The van der Waals surface area contributed by atoms with Gasteiger partial charge in [0.1, 0.15) is 17.4 Å². The minimum absolute atomic E-state index is 0.0827. The molecular weight excluding hydrogens is 763 g/mol. The Labute approximate surface area is 354 Å². The molecule has 4 aromatic heterocycles. The van der Waals surface area contributed by atoms with Crippen molar-refractivity contribution >= 4 is 81.9 Å². The molecule has 7 heteroatoms. The highest BCUT2D eigenvalue weighted by Crippen LogP contribution is 2.48. The first-order chi connectivity index (χ1) is 30.7. The van der Waals surface area contributed by atoms with Gasteiger partial charge in [0.25, 0.3) is 0 Å². The van der Waals surface area contributed by atoms with Crippen LogP contribution in [-0.2, 0) is 0 Å². The second-order valence-electron chi connectivity index (χ2n) is 16.3. The maximum absolute atomic E-state index is 6.85. The van der Waals surface area contributed by atoms with Gasteiger partial charge in [0.15, 0.2) is 17.2 Å². The zero-order valence-electron chi connectivity index (χ0n) is 33.1. The zero-order chi connectivity index (χ0) is 40.5. The number of allylic oxidation sites excluding steroid dienone is 2. The van der Waals surface area contributed by atoms with Crippen LogP contribution in [-0.4, -0.2) is 30.2 Å². The molecule has 0 saturated heterocycles. The van der Waals surface area contributed by atoms with Crippen LogP contribution in [0.2, 0.25) is 0 Å². The fourth-order valence-corrected chi connectivity index (χ4v) is 10.2. The predicted molar refractivity (Wildman–Crippen MR) is 249 cm³/mol. The smallest absolute Gasteiger partial charge is 0.238 e. The van der Waals surface area contributed by atoms with Gasteiger partial charge in [0.05, 0.1) is 33.7 Å². The summed E-state index contributed by atoms with van der Waals surface area (Å²) < 4.78 is 17.9. The summed E-state index contributed by atoms with van der Waals surface area (Å²) in [5, 5.41) is 9.00. The molecule has 1 aliphatic heterocycles. The number of rotatable bonds is 4. The first-order valence-corrected chi connectivity index (χ1v) is 21.0. The fourth-order valence-electron chi connectivity index (χ4n) is 10.2. The van der Waals surface area contributed by atoms with Crippen molar-refractivity contribution in [3.63, 3.8) is 0 Å². The van der Waals surface area contributed by atoms with Gasteiger partial charge < -0.3 is 13.7 Å². The number of hydrogen-bond acceptors (Lipinski definition) is 5. The molecule has 8 aromatic carbocycles. The van der Waals surface area contributed by atoms with Gasteiger partial charge in [-0.25, -0.2) is 4.98 Å². The van der Waals surface area contributed by atoms with Crippen molar-refractivity contribution in [1.82, 2.24) is 24.1 Å². The number of benzene rings is 8. The minimum Gasteiger partial charge on any atom is -0.485 e. The van der Waals surface area contributed by atoms with Gasteiger partial charge in [0.2, 0.25) is 5.95 Å². The second kappa shape index (κ2) is 12.6. The molecule has 2 aliphatic rings. The standard InChI is InChI=1S/C55H33N5O2/c1-2-15-33-30-46-41(28-32(33)14-1)37-18-5-8-22-43(37)59(46)47-31-34(29-42-38-19-6-11-25-48(38)62-52(42)47)53-56-54(40-21-13-27-50-51(40)39-20-7-12-26-49(39)61-50)58-55(57-53)60-44-23-9-3-16-35(44)36-17-4-10-24-45(36)60/h1-31,50-51H. The minimum atomic E-state index is -0.170. The summed E-state index contributed by atoms with van der Waals surface area (Å²) in [5.41, 5.74) is 9.72. The van der Waals surface area contributed by atoms with Gasteiger partial charge in [-0.1, -0.05) is 127 Å². The Morgan fingerprint density at radius 3 is 1.90 bits per heavy atom. The summed E-state index contributed by atoms with van der Waals surface area (Å²) in [6, 6.07) is 59.7. The monoisotopic (exact) mass is 795 g/mol. The molecule has 2 atom stereocenters. The predicted octanol–water partition coefficient (Wildman–Crippen LogP) is 13.3. The highest BCUT2D eigenvalue weighted by atomic mass is 16.5. The molecule has 0 saturated carbocycles. The van der Waals surface area contributed by atoms with Gasteiger partial charge in [-0.05, 0) is 71.4 Å². The van der Waals surface area contributed by atoms with E-state index in [0.717, 1.165) is 82.9 Å². The van der Waals surface area contributed by atoms with Crippen LogP contribution in [0.5, 0.6) is 5.75 Å². The molecule has 1 aliphatic carbocycles. The number of nitrogens with zero attached hydrogens (tertiary/aromatic N) is 5. The lowest BCUT2D eigenvalue weighted by atomic mass is 9.84. The van der Waals surface area contributed by atoms with Crippen LogP contribution in [0.4, 0.5) is 0 Å².